The molecule has 0 aromatic rings. The van der Waals surface area contributed by atoms with Crippen LogP contribution in [0.15, 0.2) is 0 Å². The number of hydrogen-bond donors (Lipinski definition) is 2. The van der Waals surface area contributed by atoms with Gasteiger partial charge in [0.15, 0.2) is 0 Å². The molecule has 1 aliphatic heterocycles. The Balaban J connectivity index is 2.52. The van der Waals surface area contributed by atoms with Gasteiger partial charge in [-0.25, -0.2) is 0 Å². The number of nitrogens with one attached hydrogen (secondary N) is 1. The van der Waals surface area contributed by atoms with E-state index in [1.54, 1.807) is 0 Å². The highest BCUT2D eigenvalue weighted by atomic mass is 16.5. The first-order chi connectivity index (χ1) is 11.5. The maximum absolute atomic E-state index is 12.2. The third-order valence-corrected chi connectivity index (χ3v) is 3.80. The maximum atomic E-state index is 12.2. The highest BCUT2D eigenvalue weighted by molar-refractivity contribution is 5.92. The van der Waals surface area contributed by atoms with Crippen molar-refractivity contribution in [2.75, 3.05) is 19.7 Å². The van der Waals surface area contributed by atoms with Gasteiger partial charge in [0.1, 0.15) is 6.04 Å². The molecule has 1 fully saturated rings. The van der Waals surface area contributed by atoms with Gasteiger partial charge in [0.25, 0.3) is 0 Å². The van der Waals surface area contributed by atoms with Crippen LogP contribution in [0.4, 0.5) is 0 Å². The number of nitrogens with zero attached hydrogens (tertiary/aromatic N) is 1. The van der Waals surface area contributed by atoms with Crippen LogP contribution < -0.4 is 5.32 Å². The second kappa shape index (κ2) is 10.6. The fourth-order valence-electron chi connectivity index (χ4n) is 2.51. The molecule has 2 amide bonds. The van der Waals surface area contributed by atoms with Crippen molar-refractivity contribution in [3.8, 4) is 0 Å². The smallest absolute Gasteiger partial charge is 0.308 e. The largest absolute Gasteiger partial charge is 0.481 e. The van der Waals surface area contributed by atoms with Gasteiger partial charge >= 0.3 is 11.9 Å². The van der Waals surface area contributed by atoms with E-state index in [0.29, 0.717) is 19.7 Å². The number of carboxylic acids is 1. The van der Waals surface area contributed by atoms with Crippen LogP contribution in [0.3, 0.4) is 0 Å². The van der Waals surface area contributed by atoms with E-state index in [2.05, 4.69) is 5.32 Å². The van der Waals surface area contributed by atoms with Gasteiger partial charge in [-0.2, -0.15) is 0 Å². The quantitative estimate of drug-likeness (QED) is 0.446. The lowest BCUT2D eigenvalue weighted by atomic mass is 10.1. The number of unbranched alkanes of at least 4 members (excludes halogenated alkanes) is 2. The summed E-state index contributed by atoms with van der Waals surface area (Å²) in [5, 5.41) is 11.3. The summed E-state index contributed by atoms with van der Waals surface area (Å²) >= 11 is 0. The van der Waals surface area contributed by atoms with E-state index >= 15 is 0 Å². The van der Waals surface area contributed by atoms with Crippen molar-refractivity contribution in [3.05, 3.63) is 0 Å². The van der Waals surface area contributed by atoms with Gasteiger partial charge in [0.05, 0.1) is 13.0 Å². The second-order valence-corrected chi connectivity index (χ2v) is 5.77. The van der Waals surface area contributed by atoms with E-state index in [-0.39, 0.29) is 37.5 Å². The molecule has 8 nitrogen and oxygen atoms in total. The van der Waals surface area contributed by atoms with Crippen molar-refractivity contribution in [1.82, 2.24) is 10.2 Å². The molecule has 0 spiro atoms. The minimum Gasteiger partial charge on any atom is -0.481 e. The Labute approximate surface area is 141 Å². The average molecular weight is 342 g/mol. The Hall–Kier alpha value is -2.12. The Morgan fingerprint density at radius 1 is 1.25 bits per heavy atom. The molecule has 1 aliphatic rings. The number of carbonyl (C=O) groups is 4. The second-order valence-electron chi connectivity index (χ2n) is 5.77. The van der Waals surface area contributed by atoms with E-state index in [0.717, 1.165) is 19.3 Å². The molecule has 0 aromatic carbocycles. The first-order valence-electron chi connectivity index (χ1n) is 8.40. The van der Waals surface area contributed by atoms with Gasteiger partial charge in [0, 0.05) is 25.9 Å². The zero-order valence-electron chi connectivity index (χ0n) is 14.1. The standard InChI is InChI=1S/C16H26N2O6/c1-2-3-4-10-24-15(22)11-12-16(23)17-8-9-18(12)13(19)6-5-7-14(20)21/h12H,2-11H2,1H3,(H,17,23)(H,20,21). The molecule has 1 heterocycles. The van der Waals surface area contributed by atoms with Crippen LogP contribution in [-0.2, 0) is 23.9 Å². The first kappa shape index (κ1) is 19.9. The molecule has 0 aromatic heterocycles. The summed E-state index contributed by atoms with van der Waals surface area (Å²) < 4.78 is 5.10. The molecule has 1 saturated heterocycles. The van der Waals surface area contributed by atoms with Gasteiger partial charge in [-0.15, -0.1) is 0 Å². The number of piperazine rings is 1. The SMILES string of the molecule is CCCCCOC(=O)CC1C(=O)NCCN1C(=O)CCCC(=O)O. The van der Waals surface area contributed by atoms with Crippen LogP contribution in [0, 0.1) is 0 Å². The minimum atomic E-state index is -0.966. The monoisotopic (exact) mass is 342 g/mol. The zero-order valence-corrected chi connectivity index (χ0v) is 14.1. The summed E-state index contributed by atoms with van der Waals surface area (Å²) in [7, 11) is 0. The maximum Gasteiger partial charge on any atom is 0.308 e. The Morgan fingerprint density at radius 3 is 2.67 bits per heavy atom. The molecule has 0 aliphatic carbocycles. The number of ether oxygens (including phenoxy) is 1. The Morgan fingerprint density at radius 2 is 2.00 bits per heavy atom. The molecule has 1 unspecified atom stereocenters. The van der Waals surface area contributed by atoms with Crippen molar-refractivity contribution in [1.29, 1.82) is 0 Å². The topological polar surface area (TPSA) is 113 Å². The highest BCUT2D eigenvalue weighted by Gasteiger charge is 2.34. The summed E-state index contributed by atoms with van der Waals surface area (Å²) in [6.45, 7) is 2.99. The summed E-state index contributed by atoms with van der Waals surface area (Å²) in [6, 6.07) is -0.880. The summed E-state index contributed by atoms with van der Waals surface area (Å²) in [6.07, 6.45) is 2.73. The Bertz CT molecular complexity index is 465. The fraction of sp³-hybridized carbons (Fsp3) is 0.750. The van der Waals surface area contributed by atoms with Crippen LogP contribution in [0.5, 0.6) is 0 Å². The number of esters is 1. The number of aliphatic carboxylic acids is 1. The van der Waals surface area contributed by atoms with Crippen LogP contribution >= 0.6 is 0 Å². The zero-order chi connectivity index (χ0) is 17.9. The van der Waals surface area contributed by atoms with Gasteiger partial charge < -0.3 is 20.1 Å². The number of carboxylic acid groups (broad SMARTS) is 1. The van der Waals surface area contributed by atoms with Crippen molar-refractivity contribution >= 4 is 23.8 Å². The number of carbonyl (C=O) groups excluding carboxylic acids is 3. The third kappa shape index (κ3) is 6.97. The van der Waals surface area contributed by atoms with E-state index in [4.69, 9.17) is 9.84 Å². The van der Waals surface area contributed by atoms with Crippen LogP contribution in [-0.4, -0.2) is 59.5 Å². The summed E-state index contributed by atoms with van der Waals surface area (Å²) in [5.41, 5.74) is 0. The minimum absolute atomic E-state index is 0.0433. The normalized spacial score (nSPS) is 17.3. The van der Waals surface area contributed by atoms with Gasteiger partial charge in [-0.1, -0.05) is 19.8 Å². The molecule has 0 radical (unpaired) electrons. The number of hydrogen-bond acceptors (Lipinski definition) is 5. The van der Waals surface area contributed by atoms with Crippen LogP contribution in [0.25, 0.3) is 0 Å². The van der Waals surface area contributed by atoms with Crippen molar-refractivity contribution in [2.45, 2.75) is 57.9 Å². The van der Waals surface area contributed by atoms with E-state index < -0.39 is 18.0 Å². The van der Waals surface area contributed by atoms with E-state index in [9.17, 15) is 19.2 Å². The van der Waals surface area contributed by atoms with E-state index in [1.165, 1.54) is 4.90 Å². The lowest BCUT2D eigenvalue weighted by molar-refractivity contribution is -0.152. The van der Waals surface area contributed by atoms with Crippen LogP contribution in [0.2, 0.25) is 0 Å². The van der Waals surface area contributed by atoms with Gasteiger partial charge in [-0.3, -0.25) is 19.2 Å². The Kier molecular flexibility index (Phi) is 8.81. The highest BCUT2D eigenvalue weighted by Crippen LogP contribution is 2.13. The molecule has 24 heavy (non-hydrogen) atoms. The molecule has 136 valence electrons. The molecule has 0 bridgehead atoms. The summed E-state index contributed by atoms with van der Waals surface area (Å²) in [4.78, 5) is 48.0. The lowest BCUT2D eigenvalue weighted by Gasteiger charge is -2.34. The van der Waals surface area contributed by atoms with Crippen molar-refractivity contribution in [3.63, 3.8) is 0 Å². The predicted octanol–water partition coefficient (Wildman–Crippen LogP) is 0.692. The van der Waals surface area contributed by atoms with E-state index in [1.807, 2.05) is 6.92 Å². The number of amides is 2. The van der Waals surface area contributed by atoms with Gasteiger partial charge in [0.2, 0.25) is 11.8 Å². The molecule has 1 atom stereocenters. The molecule has 8 heteroatoms. The molecule has 2 N–H and O–H groups in total. The molecule has 0 saturated carbocycles. The molecular formula is C16H26N2O6. The summed E-state index contributed by atoms with van der Waals surface area (Å²) in [5.74, 6) is -2.16. The van der Waals surface area contributed by atoms with Gasteiger partial charge in [-0.05, 0) is 12.8 Å². The third-order valence-electron chi connectivity index (χ3n) is 3.80. The van der Waals surface area contributed by atoms with Crippen molar-refractivity contribution < 1.29 is 29.0 Å². The molecular weight excluding hydrogens is 316 g/mol. The number of rotatable bonds is 10. The predicted molar refractivity (Wildman–Crippen MR) is 85.1 cm³/mol. The van der Waals surface area contributed by atoms with Crippen LogP contribution in [0.1, 0.15) is 51.9 Å². The average Bonchev–Trinajstić information content (AvgIpc) is 2.53. The first-order valence-corrected chi connectivity index (χ1v) is 8.40. The lowest BCUT2D eigenvalue weighted by Crippen LogP contribution is -2.57. The molecule has 1 rings (SSSR count). The fourth-order valence-corrected chi connectivity index (χ4v) is 2.51. The van der Waals surface area contributed by atoms with Crippen molar-refractivity contribution in [2.24, 2.45) is 0 Å².